The largest absolute Gasteiger partial charge is 0.496 e. The van der Waals surface area contributed by atoms with Crippen molar-refractivity contribution in [3.05, 3.63) is 52.6 Å². The number of methoxy groups -OCH3 is 1. The normalized spacial score (nSPS) is 21.1. The van der Waals surface area contributed by atoms with E-state index < -0.39 is 0 Å². The Morgan fingerprint density at radius 1 is 1.30 bits per heavy atom. The molecular formula is C29H39N5O2S. The molecule has 7 nitrogen and oxygen atoms in total. The highest BCUT2D eigenvalue weighted by Crippen LogP contribution is 2.36. The first-order valence-corrected chi connectivity index (χ1v) is 14.1. The number of aryl methyl sites for hydroxylation is 1. The minimum absolute atomic E-state index is 0.143. The number of thiazole rings is 1. The average molecular weight is 522 g/mol. The van der Waals surface area contributed by atoms with Gasteiger partial charge in [-0.3, -0.25) is 4.79 Å². The van der Waals surface area contributed by atoms with Crippen LogP contribution in [0.3, 0.4) is 0 Å². The van der Waals surface area contributed by atoms with E-state index in [4.69, 9.17) is 9.73 Å². The van der Waals surface area contributed by atoms with Crippen molar-refractivity contribution in [1.82, 2.24) is 14.8 Å². The molecule has 0 spiro atoms. The van der Waals surface area contributed by atoms with Gasteiger partial charge in [0.1, 0.15) is 17.6 Å². The maximum Gasteiger partial charge on any atom is 0.249 e. The van der Waals surface area contributed by atoms with Crippen molar-refractivity contribution in [2.45, 2.75) is 72.8 Å². The maximum atomic E-state index is 13.4. The van der Waals surface area contributed by atoms with Crippen LogP contribution in [0.2, 0.25) is 0 Å². The molecule has 37 heavy (non-hydrogen) atoms. The third-order valence-corrected chi connectivity index (χ3v) is 8.13. The minimum atomic E-state index is -0.143. The van der Waals surface area contributed by atoms with Gasteiger partial charge in [0.2, 0.25) is 5.91 Å². The van der Waals surface area contributed by atoms with E-state index in [0.717, 1.165) is 88.5 Å². The number of benzene rings is 1. The second-order valence-electron chi connectivity index (χ2n) is 9.52. The summed E-state index contributed by atoms with van der Waals surface area (Å²) in [4.78, 5) is 28.3. The highest BCUT2D eigenvalue weighted by molar-refractivity contribution is 7.15. The lowest BCUT2D eigenvalue weighted by Gasteiger charge is -2.43. The molecule has 1 N–H and O–H groups in total. The number of amidine groups is 1. The molecule has 1 amide bonds. The predicted octanol–water partition coefficient (Wildman–Crippen LogP) is 6.59. The van der Waals surface area contributed by atoms with E-state index in [2.05, 4.69) is 41.2 Å². The Morgan fingerprint density at radius 2 is 2.11 bits per heavy atom. The summed E-state index contributed by atoms with van der Waals surface area (Å²) < 4.78 is 5.75. The van der Waals surface area contributed by atoms with Crippen molar-refractivity contribution in [1.29, 1.82) is 0 Å². The molecule has 1 aromatic carbocycles. The average Bonchev–Trinajstić information content (AvgIpc) is 3.19. The molecular weight excluding hydrogens is 482 g/mol. The van der Waals surface area contributed by atoms with Gasteiger partial charge in [-0.15, -0.1) is 11.3 Å². The van der Waals surface area contributed by atoms with Crippen molar-refractivity contribution >= 4 is 28.8 Å². The molecule has 8 heteroatoms. The van der Waals surface area contributed by atoms with Crippen molar-refractivity contribution < 1.29 is 9.53 Å². The van der Waals surface area contributed by atoms with E-state index in [9.17, 15) is 4.79 Å². The van der Waals surface area contributed by atoms with Gasteiger partial charge in [-0.2, -0.15) is 0 Å². The smallest absolute Gasteiger partial charge is 0.249 e. The number of aliphatic imine (C=N–C) groups is 1. The summed E-state index contributed by atoms with van der Waals surface area (Å²) in [6.07, 6.45) is 8.94. The zero-order valence-corrected chi connectivity index (χ0v) is 23.7. The lowest BCUT2D eigenvalue weighted by atomic mass is 10.0. The number of ether oxygens (including phenoxy) is 1. The summed E-state index contributed by atoms with van der Waals surface area (Å²) >= 11 is 1.65. The number of carbonyl (C=O) groups excluding carboxylic acids is 1. The van der Waals surface area contributed by atoms with E-state index in [1.807, 2.05) is 44.0 Å². The van der Waals surface area contributed by atoms with Crippen LogP contribution >= 0.6 is 11.3 Å². The first kappa shape index (κ1) is 26.9. The van der Waals surface area contributed by atoms with Crippen molar-refractivity contribution in [2.24, 2.45) is 4.99 Å². The highest BCUT2D eigenvalue weighted by atomic mass is 32.1. The zero-order valence-electron chi connectivity index (χ0n) is 22.9. The van der Waals surface area contributed by atoms with Crippen LogP contribution in [-0.4, -0.2) is 52.8 Å². The van der Waals surface area contributed by atoms with Crippen LogP contribution in [0.4, 0.5) is 5.69 Å². The lowest BCUT2D eigenvalue weighted by molar-refractivity contribution is -0.134. The van der Waals surface area contributed by atoms with Crippen LogP contribution in [0.25, 0.3) is 10.4 Å². The second-order valence-corrected chi connectivity index (χ2v) is 10.8. The zero-order chi connectivity index (χ0) is 26.5. The highest BCUT2D eigenvalue weighted by Gasteiger charge is 2.40. The Balaban J connectivity index is 1.74. The van der Waals surface area contributed by atoms with Crippen LogP contribution in [0, 0.1) is 6.92 Å². The molecule has 0 bridgehead atoms. The quantitative estimate of drug-likeness (QED) is 0.445. The fraction of sp³-hybridized carbons (Fsp3) is 0.483. The van der Waals surface area contributed by atoms with Gasteiger partial charge in [0.25, 0.3) is 0 Å². The number of anilines is 1. The number of hydrogen-bond acceptors (Lipinski definition) is 6. The molecule has 2 aliphatic heterocycles. The molecule has 4 rings (SSSR count). The van der Waals surface area contributed by atoms with Crippen LogP contribution in [-0.2, 0) is 4.79 Å². The summed E-state index contributed by atoms with van der Waals surface area (Å²) in [6.45, 7) is 11.8. The summed E-state index contributed by atoms with van der Waals surface area (Å²) in [5.41, 5.74) is 3.97. The molecule has 2 aromatic rings. The van der Waals surface area contributed by atoms with E-state index in [-0.39, 0.29) is 11.9 Å². The van der Waals surface area contributed by atoms with Gasteiger partial charge >= 0.3 is 0 Å². The Kier molecular flexibility index (Phi) is 8.69. The van der Waals surface area contributed by atoms with Crippen molar-refractivity contribution in [3.63, 3.8) is 0 Å². The Labute approximate surface area is 224 Å². The number of hydrogen-bond donors (Lipinski definition) is 1. The van der Waals surface area contributed by atoms with Gasteiger partial charge in [0.15, 0.2) is 5.84 Å². The maximum absolute atomic E-state index is 13.4. The Hall–Kier alpha value is -3.13. The first-order valence-electron chi connectivity index (χ1n) is 13.3. The fourth-order valence-electron chi connectivity index (χ4n) is 5.02. The summed E-state index contributed by atoms with van der Waals surface area (Å²) in [7, 11) is 1.70. The van der Waals surface area contributed by atoms with Gasteiger partial charge in [-0.1, -0.05) is 25.8 Å². The summed E-state index contributed by atoms with van der Waals surface area (Å²) in [5, 5.41) is 4.60. The molecule has 0 radical (unpaired) electrons. The topological polar surface area (TPSA) is 70.1 Å². The number of aromatic nitrogens is 1. The molecule has 2 aliphatic rings. The number of nitrogens with one attached hydrogen (secondary N) is 1. The number of rotatable bonds is 7. The van der Waals surface area contributed by atoms with Crippen LogP contribution in [0.15, 0.2) is 52.6 Å². The molecule has 0 saturated carbocycles. The number of fused-ring (bicyclic) bond motifs is 1. The number of amides is 1. The number of allylic oxidation sites excluding steroid dienone is 2. The number of piperazine rings is 1. The molecule has 1 atom stereocenters. The molecule has 2 saturated heterocycles. The fourth-order valence-corrected chi connectivity index (χ4v) is 5.82. The molecule has 1 unspecified atom stereocenters. The molecule has 198 valence electrons. The Bertz CT molecular complexity index is 1230. The van der Waals surface area contributed by atoms with Gasteiger partial charge < -0.3 is 19.9 Å². The van der Waals surface area contributed by atoms with Crippen LogP contribution in [0.1, 0.15) is 64.8 Å². The number of nitrogens with zero attached hydrogens (tertiary/aromatic N) is 4. The van der Waals surface area contributed by atoms with Gasteiger partial charge in [-0.25, -0.2) is 9.98 Å². The van der Waals surface area contributed by atoms with E-state index in [1.165, 1.54) is 0 Å². The molecule has 2 fully saturated rings. The van der Waals surface area contributed by atoms with Gasteiger partial charge in [-0.05, 0) is 64.7 Å². The third kappa shape index (κ3) is 5.59. The van der Waals surface area contributed by atoms with E-state index in [0.29, 0.717) is 6.54 Å². The summed E-state index contributed by atoms with van der Waals surface area (Å²) in [5.74, 6) is 2.68. The summed E-state index contributed by atoms with van der Waals surface area (Å²) in [6, 6.07) is 6.00. The number of likely N-dealkylation sites (N-methyl/N-ethyl adjacent to an activating group) is 1. The number of carbonyl (C=O) groups is 1. The van der Waals surface area contributed by atoms with Crippen LogP contribution in [0.5, 0.6) is 5.75 Å². The predicted molar refractivity (Wildman–Crippen MR) is 153 cm³/mol. The molecule has 0 aliphatic carbocycles. The molecule has 1 aromatic heterocycles. The van der Waals surface area contributed by atoms with Crippen molar-refractivity contribution in [3.8, 4) is 16.2 Å². The standard InChI is InChI=1S/C29H39N5O2S/c1-7-19(4)27(31-21-14-15-22(25(17-21)36-6)26-18-30-20(5)37-26)32-28-23(8-2)33(9-3)29(35)24-13-11-10-12-16-34(24)28/h8,14-15,17-18,24,31H,7,9-13,16H2,1-6H3/b23-8?,27-19+,32-28?. The van der Waals surface area contributed by atoms with E-state index in [1.54, 1.807) is 18.4 Å². The lowest BCUT2D eigenvalue weighted by Crippen LogP contribution is -2.58. The van der Waals surface area contributed by atoms with Gasteiger partial charge in [0, 0.05) is 36.6 Å². The van der Waals surface area contributed by atoms with Crippen molar-refractivity contribution in [2.75, 3.05) is 25.5 Å². The van der Waals surface area contributed by atoms with E-state index >= 15 is 0 Å². The first-order chi connectivity index (χ1) is 17.9. The van der Waals surface area contributed by atoms with Crippen LogP contribution < -0.4 is 10.1 Å². The molecule has 3 heterocycles. The Morgan fingerprint density at radius 3 is 2.76 bits per heavy atom. The third-order valence-electron chi connectivity index (χ3n) is 7.19. The van der Waals surface area contributed by atoms with Gasteiger partial charge in [0.05, 0.1) is 22.7 Å². The minimum Gasteiger partial charge on any atom is -0.496 e. The monoisotopic (exact) mass is 521 g/mol. The SMILES string of the molecule is CC=C1C(=N/C(Nc2ccc(-c3cnc(C)s3)c(OC)c2)=C(\C)CC)N2CCCCCC2C(=O)N1CC. The second kappa shape index (κ2) is 11.9.